The van der Waals surface area contributed by atoms with Gasteiger partial charge in [-0.3, -0.25) is 0 Å². The van der Waals surface area contributed by atoms with Gasteiger partial charge in [0.1, 0.15) is 6.79 Å². The van der Waals surface area contributed by atoms with Crippen molar-refractivity contribution >= 4 is 0 Å². The monoisotopic (exact) mass is 178 g/mol. The molecule has 1 aliphatic rings. The molecule has 1 aromatic rings. The zero-order valence-electron chi connectivity index (χ0n) is 7.66. The van der Waals surface area contributed by atoms with Crippen LogP contribution in [-0.4, -0.2) is 20.0 Å². The molecule has 0 aromatic heterocycles. The van der Waals surface area contributed by atoms with Crippen molar-refractivity contribution in [1.82, 2.24) is 0 Å². The molecule has 0 unspecified atom stereocenters. The summed E-state index contributed by atoms with van der Waals surface area (Å²) < 4.78 is 10.6. The Labute approximate surface area is 78.5 Å². The quantitative estimate of drug-likeness (QED) is 0.603. The fraction of sp³-hybridized carbons (Fsp3) is 0.455. The second-order valence-electron chi connectivity index (χ2n) is 3.20. The largest absolute Gasteiger partial charge is 0.355 e. The maximum absolute atomic E-state index is 5.29. The zero-order chi connectivity index (χ0) is 8.93. The normalized spacial score (nSPS) is 18.2. The van der Waals surface area contributed by atoms with Gasteiger partial charge in [-0.2, -0.15) is 0 Å². The molecule has 0 fully saturated rings. The molecule has 0 aliphatic carbocycles. The minimum absolute atomic E-state index is 0.438. The van der Waals surface area contributed by atoms with Crippen molar-refractivity contribution in [2.75, 3.05) is 20.0 Å². The van der Waals surface area contributed by atoms with Gasteiger partial charge < -0.3 is 9.47 Å². The molecular formula is C11H14O2. The molecule has 0 saturated carbocycles. The standard InChI is InChI=1S/C11H14O2/c1-2-4-11-6-8-13-9-12-7-5-10(11)3-1/h1-4H,5-9H2. The Morgan fingerprint density at radius 3 is 1.92 bits per heavy atom. The van der Waals surface area contributed by atoms with Gasteiger partial charge in [-0.25, -0.2) is 0 Å². The van der Waals surface area contributed by atoms with Crippen molar-refractivity contribution in [2.45, 2.75) is 12.8 Å². The molecule has 1 heterocycles. The molecule has 0 saturated heterocycles. The van der Waals surface area contributed by atoms with Crippen molar-refractivity contribution < 1.29 is 9.47 Å². The molecule has 1 aromatic carbocycles. The van der Waals surface area contributed by atoms with E-state index in [1.54, 1.807) is 0 Å². The molecule has 0 N–H and O–H groups in total. The highest BCUT2D eigenvalue weighted by molar-refractivity contribution is 5.27. The summed E-state index contributed by atoms with van der Waals surface area (Å²) in [4.78, 5) is 0. The van der Waals surface area contributed by atoms with E-state index < -0.39 is 0 Å². The van der Waals surface area contributed by atoms with Crippen LogP contribution in [0.5, 0.6) is 0 Å². The van der Waals surface area contributed by atoms with Gasteiger partial charge in [0.2, 0.25) is 0 Å². The van der Waals surface area contributed by atoms with Gasteiger partial charge in [-0.15, -0.1) is 0 Å². The molecule has 13 heavy (non-hydrogen) atoms. The van der Waals surface area contributed by atoms with Crippen LogP contribution >= 0.6 is 0 Å². The van der Waals surface area contributed by atoms with Crippen molar-refractivity contribution in [1.29, 1.82) is 0 Å². The van der Waals surface area contributed by atoms with E-state index >= 15 is 0 Å². The summed E-state index contributed by atoms with van der Waals surface area (Å²) in [5.74, 6) is 0. The Bertz CT molecular complexity index is 244. The predicted octanol–water partition coefficient (Wildman–Crippen LogP) is 1.78. The van der Waals surface area contributed by atoms with Gasteiger partial charge in [-0.1, -0.05) is 24.3 Å². The molecule has 0 atom stereocenters. The molecule has 0 radical (unpaired) electrons. The zero-order valence-corrected chi connectivity index (χ0v) is 7.66. The van der Waals surface area contributed by atoms with Crippen molar-refractivity contribution in [3.05, 3.63) is 35.4 Å². The third kappa shape index (κ3) is 2.29. The summed E-state index contributed by atoms with van der Waals surface area (Å²) in [6.45, 7) is 1.96. The lowest BCUT2D eigenvalue weighted by molar-refractivity contribution is -0.0497. The van der Waals surface area contributed by atoms with Crippen LogP contribution in [0.15, 0.2) is 24.3 Å². The van der Waals surface area contributed by atoms with Crippen LogP contribution in [0.3, 0.4) is 0 Å². The van der Waals surface area contributed by atoms with E-state index in [4.69, 9.17) is 9.47 Å². The molecule has 2 nitrogen and oxygen atoms in total. The van der Waals surface area contributed by atoms with Crippen LogP contribution in [0.2, 0.25) is 0 Å². The van der Waals surface area contributed by atoms with E-state index in [0.717, 1.165) is 26.1 Å². The average Bonchev–Trinajstić information content (AvgIpc) is 2.28. The first-order valence-corrected chi connectivity index (χ1v) is 4.69. The van der Waals surface area contributed by atoms with Gasteiger partial charge in [0.25, 0.3) is 0 Å². The van der Waals surface area contributed by atoms with Gasteiger partial charge >= 0.3 is 0 Å². The van der Waals surface area contributed by atoms with E-state index in [-0.39, 0.29) is 0 Å². The maximum atomic E-state index is 5.29. The Morgan fingerprint density at radius 1 is 0.846 bits per heavy atom. The van der Waals surface area contributed by atoms with Crippen LogP contribution < -0.4 is 0 Å². The molecule has 0 bridgehead atoms. The van der Waals surface area contributed by atoms with Gasteiger partial charge in [-0.05, 0) is 24.0 Å². The molecule has 2 heteroatoms. The smallest absolute Gasteiger partial charge is 0.146 e. The summed E-state index contributed by atoms with van der Waals surface area (Å²) in [6.07, 6.45) is 2.00. The molecule has 70 valence electrons. The molecule has 0 spiro atoms. The second-order valence-corrected chi connectivity index (χ2v) is 3.20. The maximum Gasteiger partial charge on any atom is 0.146 e. The van der Waals surface area contributed by atoms with E-state index in [1.807, 2.05) is 0 Å². The van der Waals surface area contributed by atoms with E-state index in [1.165, 1.54) is 11.1 Å². The molecular weight excluding hydrogens is 164 g/mol. The minimum Gasteiger partial charge on any atom is -0.355 e. The first-order valence-electron chi connectivity index (χ1n) is 4.69. The number of ether oxygens (including phenoxy) is 2. The lowest BCUT2D eigenvalue weighted by Gasteiger charge is -2.05. The Kier molecular flexibility index (Phi) is 2.95. The topological polar surface area (TPSA) is 18.5 Å². The summed E-state index contributed by atoms with van der Waals surface area (Å²) in [7, 11) is 0. The summed E-state index contributed by atoms with van der Waals surface area (Å²) in [5.41, 5.74) is 2.79. The van der Waals surface area contributed by atoms with Crippen LogP contribution in [0.4, 0.5) is 0 Å². The van der Waals surface area contributed by atoms with Crippen molar-refractivity contribution in [3.8, 4) is 0 Å². The Morgan fingerprint density at radius 2 is 1.38 bits per heavy atom. The number of benzene rings is 1. The highest BCUT2D eigenvalue weighted by atomic mass is 16.7. The predicted molar refractivity (Wildman–Crippen MR) is 50.6 cm³/mol. The van der Waals surface area contributed by atoms with E-state index in [9.17, 15) is 0 Å². The Hall–Kier alpha value is -0.860. The minimum atomic E-state index is 0.438. The van der Waals surface area contributed by atoms with Crippen LogP contribution in [0.1, 0.15) is 11.1 Å². The molecule has 2 rings (SSSR count). The lowest BCUT2D eigenvalue weighted by atomic mass is 10.0. The number of fused-ring (bicyclic) bond motifs is 1. The SMILES string of the molecule is c1ccc2c(c1)CCOCOCC2. The van der Waals surface area contributed by atoms with E-state index in [2.05, 4.69) is 24.3 Å². The summed E-state index contributed by atoms with van der Waals surface area (Å²) in [6, 6.07) is 8.50. The third-order valence-electron chi connectivity index (χ3n) is 2.32. The second kappa shape index (κ2) is 4.40. The van der Waals surface area contributed by atoms with Gasteiger partial charge in [0, 0.05) is 0 Å². The average molecular weight is 178 g/mol. The summed E-state index contributed by atoms with van der Waals surface area (Å²) >= 11 is 0. The fourth-order valence-corrected chi connectivity index (χ4v) is 1.59. The first kappa shape index (κ1) is 8.73. The summed E-state index contributed by atoms with van der Waals surface area (Å²) in [5, 5.41) is 0. The first-order chi connectivity index (χ1) is 6.47. The highest BCUT2D eigenvalue weighted by Crippen LogP contribution is 2.11. The van der Waals surface area contributed by atoms with Crippen LogP contribution in [-0.2, 0) is 22.3 Å². The lowest BCUT2D eigenvalue weighted by Crippen LogP contribution is -2.02. The Balaban J connectivity index is 2.17. The van der Waals surface area contributed by atoms with E-state index in [0.29, 0.717) is 6.79 Å². The fourth-order valence-electron chi connectivity index (χ4n) is 1.59. The number of rotatable bonds is 0. The number of hydrogen-bond donors (Lipinski definition) is 0. The highest BCUT2D eigenvalue weighted by Gasteiger charge is 2.04. The molecule has 1 aliphatic heterocycles. The van der Waals surface area contributed by atoms with Crippen molar-refractivity contribution in [3.63, 3.8) is 0 Å². The van der Waals surface area contributed by atoms with Gasteiger partial charge in [0.15, 0.2) is 0 Å². The number of hydrogen-bond acceptors (Lipinski definition) is 2. The van der Waals surface area contributed by atoms with Crippen LogP contribution in [0, 0.1) is 0 Å². The van der Waals surface area contributed by atoms with Crippen LogP contribution in [0.25, 0.3) is 0 Å². The third-order valence-corrected chi connectivity index (χ3v) is 2.32. The van der Waals surface area contributed by atoms with Crippen molar-refractivity contribution in [2.24, 2.45) is 0 Å². The molecule has 0 amide bonds. The van der Waals surface area contributed by atoms with Gasteiger partial charge in [0.05, 0.1) is 13.2 Å².